The summed E-state index contributed by atoms with van der Waals surface area (Å²) in [6.45, 7) is 3.90. The highest BCUT2D eigenvalue weighted by Crippen LogP contribution is 2.15. The fourth-order valence-electron chi connectivity index (χ4n) is 2.26. The smallest absolute Gasteiger partial charge is 0.409 e. The molecular formula is C14H18ClN3O3. The zero-order chi connectivity index (χ0) is 15.2. The largest absolute Gasteiger partial charge is 0.411 e. The first-order valence-electron chi connectivity index (χ1n) is 6.75. The predicted molar refractivity (Wildman–Crippen MR) is 79.7 cm³/mol. The van der Waals surface area contributed by atoms with Crippen LogP contribution in [0.2, 0.25) is 0 Å². The van der Waals surface area contributed by atoms with Crippen molar-refractivity contribution in [2.75, 3.05) is 38.6 Å². The number of primary amides is 1. The Morgan fingerprint density at radius 1 is 1.14 bits per heavy atom. The molecule has 1 fully saturated rings. The number of ether oxygens (including phenoxy) is 1. The van der Waals surface area contributed by atoms with E-state index < -0.39 is 6.09 Å². The number of piperazine rings is 1. The van der Waals surface area contributed by atoms with E-state index in [1.54, 1.807) is 24.3 Å². The molecule has 0 atom stereocenters. The number of halogens is 1. The van der Waals surface area contributed by atoms with Crippen molar-refractivity contribution in [2.45, 2.75) is 0 Å². The number of hydrogen-bond donors (Lipinski definition) is 1. The van der Waals surface area contributed by atoms with Crippen molar-refractivity contribution in [2.24, 2.45) is 5.73 Å². The van der Waals surface area contributed by atoms with Crippen LogP contribution < -0.4 is 10.5 Å². The molecule has 114 valence electrons. The lowest BCUT2D eigenvalue weighted by atomic mass is 10.1. The average Bonchev–Trinajstić information content (AvgIpc) is 2.48. The molecule has 1 aliphatic rings. The average molecular weight is 312 g/mol. The molecular weight excluding hydrogens is 294 g/mol. The molecule has 0 saturated carbocycles. The van der Waals surface area contributed by atoms with Gasteiger partial charge in [0.25, 0.3) is 5.91 Å². The zero-order valence-corrected chi connectivity index (χ0v) is 12.4. The van der Waals surface area contributed by atoms with Crippen LogP contribution in [-0.4, -0.2) is 60.4 Å². The lowest BCUT2D eigenvalue weighted by molar-refractivity contribution is 0.0644. The first-order valence-corrected chi connectivity index (χ1v) is 7.28. The number of nitrogens with two attached hydrogens (primary N) is 1. The highest BCUT2D eigenvalue weighted by molar-refractivity contribution is 6.18. The van der Waals surface area contributed by atoms with Crippen molar-refractivity contribution < 1.29 is 14.3 Å². The minimum Gasteiger partial charge on any atom is -0.411 e. The Labute approximate surface area is 128 Å². The standard InChI is InChI=1S/C14H18ClN3O3/c15-5-6-17-7-9-18(10-8-17)13(19)11-1-3-12(4-2-11)21-14(16)20/h1-4H,5-10H2,(H2,16,20). The van der Waals surface area contributed by atoms with Gasteiger partial charge in [0.05, 0.1) is 0 Å². The fraction of sp³-hybridized carbons (Fsp3) is 0.429. The monoisotopic (exact) mass is 311 g/mol. The normalized spacial score (nSPS) is 15.8. The summed E-state index contributed by atoms with van der Waals surface area (Å²) < 4.78 is 4.73. The molecule has 2 rings (SSSR count). The number of amides is 2. The summed E-state index contributed by atoms with van der Waals surface area (Å²) in [5.74, 6) is 0.909. The number of rotatable bonds is 4. The molecule has 0 radical (unpaired) electrons. The summed E-state index contributed by atoms with van der Waals surface area (Å²) >= 11 is 5.71. The van der Waals surface area contributed by atoms with Gasteiger partial charge >= 0.3 is 6.09 Å². The third kappa shape index (κ3) is 4.34. The number of carbonyl (C=O) groups is 2. The van der Waals surface area contributed by atoms with Crippen LogP contribution in [0, 0.1) is 0 Å². The van der Waals surface area contributed by atoms with Crippen molar-refractivity contribution in [1.29, 1.82) is 0 Å². The van der Waals surface area contributed by atoms with Gasteiger partial charge < -0.3 is 15.4 Å². The molecule has 6 nitrogen and oxygen atoms in total. The molecule has 0 bridgehead atoms. The van der Waals surface area contributed by atoms with E-state index in [1.165, 1.54) is 0 Å². The second kappa shape index (κ2) is 7.28. The van der Waals surface area contributed by atoms with Gasteiger partial charge in [0.1, 0.15) is 5.75 Å². The van der Waals surface area contributed by atoms with Gasteiger partial charge in [-0.1, -0.05) is 0 Å². The van der Waals surface area contributed by atoms with Gasteiger partial charge in [-0.25, -0.2) is 4.79 Å². The van der Waals surface area contributed by atoms with Crippen LogP contribution in [-0.2, 0) is 0 Å². The Hall–Kier alpha value is -1.79. The van der Waals surface area contributed by atoms with E-state index in [0.717, 1.165) is 19.6 Å². The van der Waals surface area contributed by atoms with Gasteiger partial charge in [-0.15, -0.1) is 11.6 Å². The Kier molecular flexibility index (Phi) is 5.41. The molecule has 1 aliphatic heterocycles. The van der Waals surface area contributed by atoms with E-state index >= 15 is 0 Å². The van der Waals surface area contributed by atoms with Crippen molar-refractivity contribution in [1.82, 2.24) is 9.80 Å². The Bertz CT molecular complexity index is 499. The summed E-state index contributed by atoms with van der Waals surface area (Å²) in [4.78, 5) is 27.0. The summed E-state index contributed by atoms with van der Waals surface area (Å²) in [5.41, 5.74) is 5.49. The van der Waals surface area contributed by atoms with Crippen LogP contribution in [0.1, 0.15) is 10.4 Å². The molecule has 2 amide bonds. The minimum absolute atomic E-state index is 0.0221. The molecule has 1 saturated heterocycles. The first-order chi connectivity index (χ1) is 10.1. The highest BCUT2D eigenvalue weighted by atomic mass is 35.5. The van der Waals surface area contributed by atoms with Gasteiger partial charge in [-0.05, 0) is 24.3 Å². The fourth-order valence-corrected chi connectivity index (χ4v) is 2.50. The Balaban J connectivity index is 1.93. The predicted octanol–water partition coefficient (Wildman–Crippen LogP) is 1.14. The van der Waals surface area contributed by atoms with Crippen LogP contribution in [0.15, 0.2) is 24.3 Å². The molecule has 21 heavy (non-hydrogen) atoms. The summed E-state index contributed by atoms with van der Waals surface area (Å²) in [6.07, 6.45) is -0.871. The zero-order valence-electron chi connectivity index (χ0n) is 11.6. The first kappa shape index (κ1) is 15.6. The molecule has 0 unspecified atom stereocenters. The Morgan fingerprint density at radius 2 is 1.76 bits per heavy atom. The number of carbonyl (C=O) groups excluding carboxylic acids is 2. The topological polar surface area (TPSA) is 75.9 Å². The summed E-state index contributed by atoms with van der Waals surface area (Å²) in [7, 11) is 0. The van der Waals surface area contributed by atoms with E-state index in [2.05, 4.69) is 4.90 Å². The van der Waals surface area contributed by atoms with Crippen LogP contribution in [0.3, 0.4) is 0 Å². The maximum absolute atomic E-state index is 12.3. The second-order valence-electron chi connectivity index (χ2n) is 4.77. The van der Waals surface area contributed by atoms with Crippen LogP contribution in [0.25, 0.3) is 0 Å². The minimum atomic E-state index is -0.871. The van der Waals surface area contributed by atoms with Crippen LogP contribution >= 0.6 is 11.6 Å². The molecule has 1 heterocycles. The number of alkyl halides is 1. The second-order valence-corrected chi connectivity index (χ2v) is 5.15. The van der Waals surface area contributed by atoms with Gasteiger partial charge in [0.2, 0.25) is 0 Å². The van der Waals surface area contributed by atoms with E-state index in [-0.39, 0.29) is 5.91 Å². The summed E-state index contributed by atoms with van der Waals surface area (Å²) in [6, 6.07) is 6.38. The molecule has 0 spiro atoms. The maximum Gasteiger partial charge on any atom is 0.409 e. The SMILES string of the molecule is NC(=O)Oc1ccc(C(=O)N2CCN(CCCl)CC2)cc1. The van der Waals surface area contributed by atoms with E-state index in [9.17, 15) is 9.59 Å². The molecule has 0 aliphatic carbocycles. The van der Waals surface area contributed by atoms with Gasteiger partial charge in [-0.2, -0.15) is 0 Å². The number of nitrogens with zero attached hydrogens (tertiary/aromatic N) is 2. The van der Waals surface area contributed by atoms with Crippen molar-refractivity contribution in [3.63, 3.8) is 0 Å². The lowest BCUT2D eigenvalue weighted by Crippen LogP contribution is -2.49. The summed E-state index contributed by atoms with van der Waals surface area (Å²) in [5, 5.41) is 0. The number of hydrogen-bond acceptors (Lipinski definition) is 4. The molecule has 2 N–H and O–H groups in total. The van der Waals surface area contributed by atoms with E-state index in [4.69, 9.17) is 22.1 Å². The highest BCUT2D eigenvalue weighted by Gasteiger charge is 2.21. The maximum atomic E-state index is 12.3. The third-order valence-corrected chi connectivity index (χ3v) is 3.55. The third-order valence-electron chi connectivity index (χ3n) is 3.38. The van der Waals surface area contributed by atoms with Crippen molar-refractivity contribution in [3.05, 3.63) is 29.8 Å². The lowest BCUT2D eigenvalue weighted by Gasteiger charge is -2.34. The molecule has 1 aromatic rings. The Morgan fingerprint density at radius 3 is 2.29 bits per heavy atom. The quantitative estimate of drug-likeness (QED) is 0.846. The van der Waals surface area contributed by atoms with Gasteiger partial charge in [0, 0.05) is 44.2 Å². The van der Waals surface area contributed by atoms with E-state index in [0.29, 0.717) is 30.3 Å². The van der Waals surface area contributed by atoms with Crippen molar-refractivity contribution >= 4 is 23.6 Å². The molecule has 1 aromatic carbocycles. The molecule has 7 heteroatoms. The van der Waals surface area contributed by atoms with Gasteiger partial charge in [0.15, 0.2) is 0 Å². The molecule has 0 aromatic heterocycles. The van der Waals surface area contributed by atoms with Crippen LogP contribution in [0.4, 0.5) is 4.79 Å². The van der Waals surface area contributed by atoms with Crippen molar-refractivity contribution in [3.8, 4) is 5.75 Å². The van der Waals surface area contributed by atoms with Gasteiger partial charge in [-0.3, -0.25) is 9.69 Å². The number of benzene rings is 1. The van der Waals surface area contributed by atoms with E-state index in [1.807, 2.05) is 4.90 Å². The van der Waals surface area contributed by atoms with Crippen LogP contribution in [0.5, 0.6) is 5.75 Å².